The topological polar surface area (TPSA) is 54.0 Å². The molecule has 0 fully saturated rings. The summed E-state index contributed by atoms with van der Waals surface area (Å²) in [4.78, 5) is 17.5. The number of hydrogen-bond acceptors (Lipinski definition) is 3. The summed E-state index contributed by atoms with van der Waals surface area (Å²) < 4.78 is 0. The SMILES string of the molecule is O=C(NCc1cccnc1)NC(Cc1ccccc1)c1cccs1. The smallest absolute Gasteiger partial charge is 0.315 e. The minimum absolute atomic E-state index is 0.0405. The number of amides is 2. The first-order valence-corrected chi connectivity index (χ1v) is 8.70. The molecule has 0 spiro atoms. The lowest BCUT2D eigenvalue weighted by atomic mass is 10.0. The molecular formula is C19H19N3OS. The maximum atomic E-state index is 12.3. The molecular weight excluding hydrogens is 318 g/mol. The quantitative estimate of drug-likeness (QED) is 0.716. The fraction of sp³-hybridized carbons (Fsp3) is 0.158. The Labute approximate surface area is 145 Å². The summed E-state index contributed by atoms with van der Waals surface area (Å²) in [5, 5.41) is 8.00. The predicted molar refractivity (Wildman–Crippen MR) is 96.8 cm³/mol. The van der Waals surface area contributed by atoms with Crippen molar-refractivity contribution in [3.8, 4) is 0 Å². The van der Waals surface area contributed by atoms with Crippen LogP contribution in [0.2, 0.25) is 0 Å². The average Bonchev–Trinajstić information content (AvgIpc) is 3.16. The summed E-state index contributed by atoms with van der Waals surface area (Å²) in [7, 11) is 0. The molecule has 1 aromatic carbocycles. The third kappa shape index (κ3) is 4.67. The molecule has 4 nitrogen and oxygen atoms in total. The number of carbonyl (C=O) groups excluding carboxylic acids is 1. The number of urea groups is 1. The van der Waals surface area contributed by atoms with Gasteiger partial charge in [0.25, 0.3) is 0 Å². The molecule has 3 rings (SSSR count). The monoisotopic (exact) mass is 337 g/mol. The number of aromatic nitrogens is 1. The van der Waals surface area contributed by atoms with Gasteiger partial charge in [-0.15, -0.1) is 11.3 Å². The van der Waals surface area contributed by atoms with Gasteiger partial charge < -0.3 is 10.6 Å². The summed E-state index contributed by atoms with van der Waals surface area (Å²) in [6.07, 6.45) is 4.24. The summed E-state index contributed by atoms with van der Waals surface area (Å²) in [5.41, 5.74) is 2.17. The van der Waals surface area contributed by atoms with E-state index in [1.54, 1.807) is 23.7 Å². The van der Waals surface area contributed by atoms with Gasteiger partial charge in [-0.1, -0.05) is 42.5 Å². The zero-order valence-corrected chi connectivity index (χ0v) is 14.0. The van der Waals surface area contributed by atoms with Gasteiger partial charge in [0.2, 0.25) is 0 Å². The van der Waals surface area contributed by atoms with Crippen LogP contribution in [0.3, 0.4) is 0 Å². The number of nitrogens with zero attached hydrogens (tertiary/aromatic N) is 1. The van der Waals surface area contributed by atoms with Gasteiger partial charge >= 0.3 is 6.03 Å². The number of rotatable bonds is 6. The van der Waals surface area contributed by atoms with Crippen molar-refractivity contribution in [3.63, 3.8) is 0 Å². The number of carbonyl (C=O) groups is 1. The van der Waals surface area contributed by atoms with Gasteiger partial charge in [-0.2, -0.15) is 0 Å². The van der Waals surface area contributed by atoms with Crippen molar-refractivity contribution in [1.82, 2.24) is 15.6 Å². The second kappa shape index (κ2) is 8.26. The van der Waals surface area contributed by atoms with Crippen molar-refractivity contribution in [3.05, 3.63) is 88.4 Å². The van der Waals surface area contributed by atoms with Crippen LogP contribution in [-0.2, 0) is 13.0 Å². The van der Waals surface area contributed by atoms with Crippen LogP contribution in [0.15, 0.2) is 72.4 Å². The van der Waals surface area contributed by atoms with Gasteiger partial charge in [0.1, 0.15) is 0 Å². The molecule has 0 aliphatic rings. The minimum Gasteiger partial charge on any atom is -0.334 e. The number of nitrogens with one attached hydrogen (secondary N) is 2. The average molecular weight is 337 g/mol. The van der Waals surface area contributed by atoms with E-state index in [1.165, 1.54) is 5.56 Å². The van der Waals surface area contributed by atoms with Crippen molar-refractivity contribution < 1.29 is 4.79 Å². The van der Waals surface area contributed by atoms with Gasteiger partial charge in [-0.05, 0) is 35.1 Å². The van der Waals surface area contributed by atoms with Crippen LogP contribution in [0.1, 0.15) is 22.0 Å². The second-order valence-corrected chi connectivity index (χ2v) is 6.43. The Bertz CT molecular complexity index is 745. The maximum absolute atomic E-state index is 12.3. The molecule has 0 aliphatic carbocycles. The molecule has 5 heteroatoms. The standard InChI is InChI=1S/C19H19N3OS/c23-19(21-14-16-8-4-10-20-13-16)22-17(18-9-5-11-24-18)12-15-6-2-1-3-7-15/h1-11,13,17H,12,14H2,(H2,21,22,23). The molecule has 122 valence electrons. The van der Waals surface area contributed by atoms with Gasteiger partial charge in [0.05, 0.1) is 6.04 Å². The molecule has 24 heavy (non-hydrogen) atoms. The molecule has 0 aliphatic heterocycles. The lowest BCUT2D eigenvalue weighted by Crippen LogP contribution is -2.38. The Morgan fingerprint density at radius 3 is 2.58 bits per heavy atom. The molecule has 2 aromatic heterocycles. The van der Waals surface area contributed by atoms with E-state index in [0.717, 1.165) is 16.9 Å². The minimum atomic E-state index is -0.173. The van der Waals surface area contributed by atoms with E-state index in [-0.39, 0.29) is 12.1 Å². The molecule has 2 amide bonds. The maximum Gasteiger partial charge on any atom is 0.315 e. The Balaban J connectivity index is 1.62. The normalized spacial score (nSPS) is 11.7. The third-order valence-corrected chi connectivity index (χ3v) is 4.64. The van der Waals surface area contributed by atoms with Gasteiger partial charge in [-0.3, -0.25) is 4.98 Å². The van der Waals surface area contributed by atoms with Crippen LogP contribution in [0.25, 0.3) is 0 Å². The second-order valence-electron chi connectivity index (χ2n) is 5.45. The van der Waals surface area contributed by atoms with Gasteiger partial charge in [0, 0.05) is 23.8 Å². The van der Waals surface area contributed by atoms with Gasteiger partial charge in [0.15, 0.2) is 0 Å². The number of benzene rings is 1. The highest BCUT2D eigenvalue weighted by molar-refractivity contribution is 7.10. The number of pyridine rings is 1. The Hall–Kier alpha value is -2.66. The van der Waals surface area contributed by atoms with Crippen molar-refractivity contribution in [2.24, 2.45) is 0 Å². The van der Waals surface area contributed by atoms with Crippen LogP contribution >= 0.6 is 11.3 Å². The third-order valence-electron chi connectivity index (χ3n) is 3.65. The summed E-state index contributed by atoms with van der Waals surface area (Å²) in [6.45, 7) is 0.460. The summed E-state index contributed by atoms with van der Waals surface area (Å²) >= 11 is 1.65. The zero-order chi connectivity index (χ0) is 16.6. The molecule has 0 radical (unpaired) electrons. The van der Waals surface area contributed by atoms with Crippen molar-refractivity contribution >= 4 is 17.4 Å². The van der Waals surface area contributed by atoms with Crippen molar-refractivity contribution in [1.29, 1.82) is 0 Å². The first kappa shape index (κ1) is 16.2. The fourth-order valence-electron chi connectivity index (χ4n) is 2.46. The molecule has 0 saturated heterocycles. The van der Waals surface area contributed by atoms with Crippen LogP contribution < -0.4 is 10.6 Å². The van der Waals surface area contributed by atoms with Gasteiger partial charge in [-0.25, -0.2) is 4.79 Å². The summed E-state index contributed by atoms with van der Waals surface area (Å²) in [6, 6.07) is 17.8. The van der Waals surface area contributed by atoms with E-state index < -0.39 is 0 Å². The highest BCUT2D eigenvalue weighted by Gasteiger charge is 2.16. The molecule has 1 unspecified atom stereocenters. The molecule has 0 saturated carbocycles. The van der Waals surface area contributed by atoms with Crippen molar-refractivity contribution in [2.45, 2.75) is 19.0 Å². The van der Waals surface area contributed by atoms with E-state index in [9.17, 15) is 4.79 Å². The first-order chi connectivity index (χ1) is 11.8. The largest absolute Gasteiger partial charge is 0.334 e. The van der Waals surface area contributed by atoms with Crippen molar-refractivity contribution in [2.75, 3.05) is 0 Å². The van der Waals surface area contributed by atoms with Crippen LogP contribution in [0, 0.1) is 0 Å². The predicted octanol–water partition coefficient (Wildman–Crippen LogP) is 3.93. The van der Waals surface area contributed by atoms with Crippen LogP contribution in [0.4, 0.5) is 4.79 Å². The molecule has 3 aromatic rings. The molecule has 1 atom stereocenters. The molecule has 2 N–H and O–H groups in total. The first-order valence-electron chi connectivity index (χ1n) is 7.82. The van der Waals surface area contributed by atoms with Crippen LogP contribution in [-0.4, -0.2) is 11.0 Å². The van der Waals surface area contributed by atoms with E-state index in [0.29, 0.717) is 6.54 Å². The Morgan fingerprint density at radius 2 is 1.88 bits per heavy atom. The van der Waals surface area contributed by atoms with E-state index in [2.05, 4.69) is 33.8 Å². The highest BCUT2D eigenvalue weighted by atomic mass is 32.1. The molecule has 0 bridgehead atoms. The fourth-order valence-corrected chi connectivity index (χ4v) is 3.23. The number of thiophene rings is 1. The summed E-state index contributed by atoms with van der Waals surface area (Å²) in [5.74, 6) is 0. The number of hydrogen-bond donors (Lipinski definition) is 2. The zero-order valence-electron chi connectivity index (χ0n) is 13.2. The Kier molecular flexibility index (Phi) is 5.58. The van der Waals surface area contributed by atoms with Crippen LogP contribution in [0.5, 0.6) is 0 Å². The highest BCUT2D eigenvalue weighted by Crippen LogP contribution is 2.22. The lowest BCUT2D eigenvalue weighted by Gasteiger charge is -2.18. The lowest BCUT2D eigenvalue weighted by molar-refractivity contribution is 0.236. The van der Waals surface area contributed by atoms with E-state index in [1.807, 2.05) is 41.8 Å². The Morgan fingerprint density at radius 1 is 1.04 bits per heavy atom. The van der Waals surface area contributed by atoms with E-state index >= 15 is 0 Å². The van der Waals surface area contributed by atoms with E-state index in [4.69, 9.17) is 0 Å². The molecule has 2 heterocycles.